The van der Waals surface area contributed by atoms with Crippen molar-refractivity contribution >= 4 is 17.6 Å². The Kier molecular flexibility index (Phi) is 4.97. The first-order valence-corrected chi connectivity index (χ1v) is 8.42. The molecule has 1 fully saturated rings. The smallest absolute Gasteiger partial charge is 0.243 e. The number of hydrogen-bond donors (Lipinski definition) is 3. The summed E-state index contributed by atoms with van der Waals surface area (Å²) in [4.78, 5) is 23.6. The van der Waals surface area contributed by atoms with Crippen LogP contribution in [0.3, 0.4) is 0 Å². The van der Waals surface area contributed by atoms with Crippen molar-refractivity contribution in [2.24, 2.45) is 0 Å². The summed E-state index contributed by atoms with van der Waals surface area (Å²) < 4.78 is 0. The Hall–Kier alpha value is -2.89. The van der Waals surface area contributed by atoms with Crippen molar-refractivity contribution in [1.82, 2.24) is 15.5 Å². The third kappa shape index (κ3) is 4.35. The molecular formula is C19H22N4O2. The molecule has 1 aliphatic carbocycles. The molecule has 130 valence electrons. The molecule has 0 aliphatic heterocycles. The van der Waals surface area contributed by atoms with Crippen molar-refractivity contribution in [2.75, 3.05) is 5.32 Å². The molecule has 1 aromatic heterocycles. The van der Waals surface area contributed by atoms with Crippen molar-refractivity contribution in [1.29, 1.82) is 0 Å². The largest absolute Gasteiger partial charge is 0.348 e. The van der Waals surface area contributed by atoms with E-state index < -0.39 is 0 Å². The topological polar surface area (TPSA) is 86.9 Å². The molecule has 3 rings (SSSR count). The van der Waals surface area contributed by atoms with Crippen molar-refractivity contribution in [3.8, 4) is 0 Å². The number of carbonyl (C=O) groups is 2. The average Bonchev–Trinajstić information content (AvgIpc) is 3.39. The second kappa shape index (κ2) is 7.34. The molecule has 0 spiro atoms. The van der Waals surface area contributed by atoms with Crippen LogP contribution in [0.2, 0.25) is 0 Å². The summed E-state index contributed by atoms with van der Waals surface area (Å²) >= 11 is 0. The van der Waals surface area contributed by atoms with Gasteiger partial charge in [-0.2, -0.15) is 5.10 Å². The molecule has 0 radical (unpaired) electrons. The highest BCUT2D eigenvalue weighted by Gasteiger charge is 2.26. The quantitative estimate of drug-likeness (QED) is 0.679. The van der Waals surface area contributed by atoms with Crippen LogP contribution in [-0.2, 0) is 16.1 Å². The Labute approximate surface area is 146 Å². The van der Waals surface area contributed by atoms with Crippen LogP contribution < -0.4 is 10.6 Å². The fourth-order valence-electron chi connectivity index (χ4n) is 2.58. The molecular weight excluding hydrogens is 316 g/mol. The summed E-state index contributed by atoms with van der Waals surface area (Å²) in [7, 11) is 0. The SMILES string of the molecule is C=CC(=O)NCc1ccc(C(C)C(=O)Nc2cc(C3CC3)[nH]n2)cc1. The fraction of sp³-hybridized carbons (Fsp3) is 0.316. The van der Waals surface area contributed by atoms with Crippen LogP contribution in [0.15, 0.2) is 43.0 Å². The van der Waals surface area contributed by atoms with Crippen molar-refractivity contribution in [3.63, 3.8) is 0 Å². The van der Waals surface area contributed by atoms with Gasteiger partial charge in [-0.3, -0.25) is 14.7 Å². The van der Waals surface area contributed by atoms with Crippen molar-refractivity contribution in [3.05, 3.63) is 59.8 Å². The molecule has 1 aromatic carbocycles. The Bertz CT molecular complexity index is 775. The Balaban J connectivity index is 1.57. The molecule has 1 unspecified atom stereocenters. The number of hydrogen-bond acceptors (Lipinski definition) is 3. The summed E-state index contributed by atoms with van der Waals surface area (Å²) in [5, 5.41) is 12.7. The second-order valence-electron chi connectivity index (χ2n) is 6.36. The van der Waals surface area contributed by atoms with Crippen LogP contribution in [0.5, 0.6) is 0 Å². The number of rotatable bonds is 7. The number of aromatic amines is 1. The van der Waals surface area contributed by atoms with Crippen LogP contribution in [0.4, 0.5) is 5.82 Å². The maximum Gasteiger partial charge on any atom is 0.243 e. The summed E-state index contributed by atoms with van der Waals surface area (Å²) in [6.45, 7) is 5.71. The van der Waals surface area contributed by atoms with Crippen molar-refractivity contribution < 1.29 is 9.59 Å². The molecule has 25 heavy (non-hydrogen) atoms. The zero-order chi connectivity index (χ0) is 17.8. The zero-order valence-electron chi connectivity index (χ0n) is 14.2. The molecule has 1 aliphatic rings. The lowest BCUT2D eigenvalue weighted by atomic mass is 9.99. The van der Waals surface area contributed by atoms with E-state index in [2.05, 4.69) is 27.4 Å². The number of nitrogens with zero attached hydrogens (tertiary/aromatic N) is 1. The zero-order valence-corrected chi connectivity index (χ0v) is 14.2. The van der Waals surface area contributed by atoms with Gasteiger partial charge in [-0.05, 0) is 37.0 Å². The monoisotopic (exact) mass is 338 g/mol. The van der Waals surface area contributed by atoms with E-state index in [1.54, 1.807) is 0 Å². The van der Waals surface area contributed by atoms with E-state index in [1.165, 1.54) is 18.9 Å². The van der Waals surface area contributed by atoms with Crippen LogP contribution in [0.25, 0.3) is 0 Å². The first-order chi connectivity index (χ1) is 12.1. The van der Waals surface area contributed by atoms with E-state index in [-0.39, 0.29) is 17.7 Å². The van der Waals surface area contributed by atoms with Gasteiger partial charge in [-0.1, -0.05) is 30.8 Å². The third-order valence-corrected chi connectivity index (χ3v) is 4.39. The number of amides is 2. The highest BCUT2D eigenvalue weighted by molar-refractivity contribution is 5.94. The molecule has 2 amide bonds. The van der Waals surface area contributed by atoms with Gasteiger partial charge in [-0.25, -0.2) is 0 Å². The van der Waals surface area contributed by atoms with Gasteiger partial charge in [0.1, 0.15) is 0 Å². The molecule has 6 heteroatoms. The molecule has 3 N–H and O–H groups in total. The van der Waals surface area contributed by atoms with Crippen LogP contribution in [-0.4, -0.2) is 22.0 Å². The van der Waals surface area contributed by atoms with E-state index in [1.807, 2.05) is 37.3 Å². The molecule has 2 aromatic rings. The van der Waals surface area contributed by atoms with Gasteiger partial charge in [0.25, 0.3) is 0 Å². The first-order valence-electron chi connectivity index (χ1n) is 8.42. The first kappa shape index (κ1) is 17.0. The highest BCUT2D eigenvalue weighted by Crippen LogP contribution is 2.39. The fourth-order valence-corrected chi connectivity index (χ4v) is 2.58. The number of carbonyl (C=O) groups excluding carboxylic acids is 2. The van der Waals surface area contributed by atoms with E-state index in [4.69, 9.17) is 0 Å². The third-order valence-electron chi connectivity index (χ3n) is 4.39. The summed E-state index contributed by atoms with van der Waals surface area (Å²) in [6.07, 6.45) is 3.61. The standard InChI is InChI=1S/C19H22N4O2/c1-3-18(24)20-11-13-4-6-14(7-5-13)12(2)19(25)21-17-10-16(22-23-17)15-8-9-15/h3-7,10,12,15H,1,8-9,11H2,2H3,(H,20,24)(H2,21,22,23,25). The maximum absolute atomic E-state index is 12.4. The van der Waals surface area contributed by atoms with E-state index >= 15 is 0 Å². The molecule has 0 bridgehead atoms. The molecule has 1 heterocycles. The number of benzene rings is 1. The number of anilines is 1. The van der Waals surface area contributed by atoms with Crippen LogP contribution >= 0.6 is 0 Å². The predicted octanol–water partition coefficient (Wildman–Crippen LogP) is 2.83. The van der Waals surface area contributed by atoms with Gasteiger partial charge in [-0.15, -0.1) is 0 Å². The van der Waals surface area contributed by atoms with E-state index in [9.17, 15) is 9.59 Å². The molecule has 1 saturated carbocycles. The van der Waals surface area contributed by atoms with Crippen LogP contribution in [0.1, 0.15) is 48.4 Å². The Morgan fingerprint density at radius 3 is 2.72 bits per heavy atom. The van der Waals surface area contributed by atoms with Gasteiger partial charge in [0.05, 0.1) is 5.92 Å². The lowest BCUT2D eigenvalue weighted by Gasteiger charge is -2.12. The molecule has 0 saturated heterocycles. The van der Waals surface area contributed by atoms with Gasteiger partial charge in [0, 0.05) is 24.2 Å². The Morgan fingerprint density at radius 2 is 2.08 bits per heavy atom. The Morgan fingerprint density at radius 1 is 1.36 bits per heavy atom. The molecule has 6 nitrogen and oxygen atoms in total. The lowest BCUT2D eigenvalue weighted by Crippen LogP contribution is -2.20. The molecule has 1 atom stereocenters. The maximum atomic E-state index is 12.4. The van der Waals surface area contributed by atoms with Crippen molar-refractivity contribution in [2.45, 2.75) is 38.1 Å². The number of nitrogens with one attached hydrogen (secondary N) is 3. The van der Waals surface area contributed by atoms with Gasteiger partial charge < -0.3 is 10.6 Å². The minimum Gasteiger partial charge on any atom is -0.348 e. The number of aromatic nitrogens is 2. The summed E-state index contributed by atoms with van der Waals surface area (Å²) in [5.74, 6) is 0.549. The second-order valence-corrected chi connectivity index (χ2v) is 6.36. The normalized spacial score (nSPS) is 14.6. The van der Waals surface area contributed by atoms with Gasteiger partial charge >= 0.3 is 0 Å². The number of H-pyrrole nitrogens is 1. The van der Waals surface area contributed by atoms with Gasteiger partial charge in [0.15, 0.2) is 5.82 Å². The summed E-state index contributed by atoms with van der Waals surface area (Å²) in [6, 6.07) is 9.53. The predicted molar refractivity (Wildman–Crippen MR) is 96.1 cm³/mol. The lowest BCUT2D eigenvalue weighted by molar-refractivity contribution is -0.117. The minimum atomic E-state index is -0.294. The minimum absolute atomic E-state index is 0.0958. The van der Waals surface area contributed by atoms with E-state index in [0.29, 0.717) is 18.3 Å². The van der Waals surface area contributed by atoms with Gasteiger partial charge in [0.2, 0.25) is 11.8 Å². The highest BCUT2D eigenvalue weighted by atomic mass is 16.2. The average molecular weight is 338 g/mol. The van der Waals surface area contributed by atoms with E-state index in [0.717, 1.165) is 16.8 Å². The summed E-state index contributed by atoms with van der Waals surface area (Å²) in [5.41, 5.74) is 2.97. The van der Waals surface area contributed by atoms with Crippen LogP contribution in [0, 0.1) is 0 Å².